The number of hydrogen-bond donors (Lipinski definition) is 0. The van der Waals surface area contributed by atoms with Crippen LogP contribution in [0.2, 0.25) is 0 Å². The summed E-state index contributed by atoms with van der Waals surface area (Å²) < 4.78 is 0. The van der Waals surface area contributed by atoms with Crippen molar-refractivity contribution < 1.29 is 0 Å². The molecule has 23 heavy (non-hydrogen) atoms. The van der Waals surface area contributed by atoms with E-state index in [4.69, 9.17) is 0 Å². The van der Waals surface area contributed by atoms with E-state index in [-0.39, 0.29) is 0 Å². The molecule has 0 bridgehead atoms. The van der Waals surface area contributed by atoms with Crippen molar-refractivity contribution in [3.05, 3.63) is 78.6 Å². The second-order valence-corrected chi connectivity index (χ2v) is 6.41. The number of nitrogens with zero attached hydrogens (tertiary/aromatic N) is 1. The molecule has 0 spiro atoms. The quantitative estimate of drug-likeness (QED) is 0.430. The molecule has 4 aromatic rings. The van der Waals surface area contributed by atoms with E-state index in [9.17, 15) is 0 Å². The van der Waals surface area contributed by atoms with Crippen molar-refractivity contribution in [2.75, 3.05) is 0 Å². The predicted molar refractivity (Wildman–Crippen MR) is 98.8 cm³/mol. The molecule has 3 aromatic carbocycles. The Hall–Kier alpha value is -2.67. The lowest BCUT2D eigenvalue weighted by atomic mass is 9.96. The molecule has 0 saturated heterocycles. The van der Waals surface area contributed by atoms with Gasteiger partial charge in [0.05, 0.1) is 0 Å². The molecule has 0 aliphatic rings. The van der Waals surface area contributed by atoms with Crippen LogP contribution < -0.4 is 0 Å². The van der Waals surface area contributed by atoms with E-state index in [1.807, 2.05) is 18.5 Å². The normalized spacial score (nSPS) is 11.4. The molecule has 0 aliphatic carbocycles. The summed E-state index contributed by atoms with van der Waals surface area (Å²) in [6, 6.07) is 22.1. The predicted octanol–water partition coefficient (Wildman–Crippen LogP) is 6.18. The lowest BCUT2D eigenvalue weighted by molar-refractivity contribution is 0.869. The first-order chi connectivity index (χ1) is 11.2. The molecule has 0 saturated carbocycles. The summed E-state index contributed by atoms with van der Waals surface area (Å²) in [7, 11) is 0. The maximum atomic E-state index is 4.22. The summed E-state index contributed by atoms with van der Waals surface area (Å²) in [4.78, 5) is 4.22. The Bertz CT molecular complexity index is 999. The number of hydrogen-bond acceptors (Lipinski definition) is 1. The monoisotopic (exact) mass is 297 g/mol. The van der Waals surface area contributed by atoms with Crippen LogP contribution in [-0.2, 0) is 0 Å². The molecule has 1 nitrogen and oxygen atoms in total. The van der Waals surface area contributed by atoms with Crippen molar-refractivity contribution in [2.24, 2.45) is 0 Å². The van der Waals surface area contributed by atoms with Gasteiger partial charge in [0.25, 0.3) is 0 Å². The molecule has 1 aromatic heterocycles. The Balaban J connectivity index is 1.82. The second-order valence-electron chi connectivity index (χ2n) is 6.41. The highest BCUT2D eigenvalue weighted by Gasteiger charge is 2.04. The smallest absolute Gasteiger partial charge is 0.0346 e. The summed E-state index contributed by atoms with van der Waals surface area (Å²) in [6.07, 6.45) is 3.76. The highest BCUT2D eigenvalue weighted by atomic mass is 14.6. The zero-order chi connectivity index (χ0) is 15.8. The van der Waals surface area contributed by atoms with Gasteiger partial charge in [0.2, 0.25) is 0 Å². The molecule has 0 atom stereocenters. The highest BCUT2D eigenvalue weighted by molar-refractivity contribution is 5.91. The van der Waals surface area contributed by atoms with E-state index >= 15 is 0 Å². The van der Waals surface area contributed by atoms with Crippen LogP contribution in [0, 0.1) is 0 Å². The van der Waals surface area contributed by atoms with Gasteiger partial charge in [-0.2, -0.15) is 0 Å². The zero-order valence-corrected chi connectivity index (χ0v) is 13.5. The summed E-state index contributed by atoms with van der Waals surface area (Å²) in [5.74, 6) is 0.562. The maximum Gasteiger partial charge on any atom is 0.0346 e. The van der Waals surface area contributed by atoms with Crippen molar-refractivity contribution in [1.82, 2.24) is 4.98 Å². The third-order valence-corrected chi connectivity index (χ3v) is 4.50. The van der Waals surface area contributed by atoms with E-state index in [0.717, 1.165) is 0 Å². The number of fused-ring (bicyclic) bond motifs is 2. The average molecular weight is 297 g/mol. The minimum Gasteiger partial charge on any atom is -0.264 e. The van der Waals surface area contributed by atoms with Crippen molar-refractivity contribution in [1.29, 1.82) is 0 Å². The molecule has 0 N–H and O–H groups in total. The SMILES string of the molecule is CC(C)c1ccc2cc(-c3ccc4ccncc4c3)ccc2c1. The van der Waals surface area contributed by atoms with Gasteiger partial charge in [-0.1, -0.05) is 56.3 Å². The fraction of sp³-hybridized carbons (Fsp3) is 0.136. The number of pyridine rings is 1. The Kier molecular flexibility index (Phi) is 3.34. The third kappa shape index (κ3) is 2.59. The fourth-order valence-electron chi connectivity index (χ4n) is 3.07. The minimum absolute atomic E-state index is 0.562. The molecule has 0 unspecified atom stereocenters. The second kappa shape index (κ2) is 5.51. The molecule has 1 heteroatoms. The van der Waals surface area contributed by atoms with Crippen LogP contribution in [0.25, 0.3) is 32.7 Å². The lowest BCUT2D eigenvalue weighted by Gasteiger charge is -2.09. The van der Waals surface area contributed by atoms with Gasteiger partial charge >= 0.3 is 0 Å². The van der Waals surface area contributed by atoms with Crippen LogP contribution in [0.1, 0.15) is 25.3 Å². The van der Waals surface area contributed by atoms with Crippen molar-refractivity contribution >= 4 is 21.5 Å². The first kappa shape index (κ1) is 14.0. The molecular weight excluding hydrogens is 278 g/mol. The molecule has 1 heterocycles. The molecule has 112 valence electrons. The van der Waals surface area contributed by atoms with Gasteiger partial charge in [-0.3, -0.25) is 4.98 Å². The molecular formula is C22H19N. The van der Waals surface area contributed by atoms with E-state index in [1.165, 1.54) is 38.2 Å². The van der Waals surface area contributed by atoms with Crippen LogP contribution in [-0.4, -0.2) is 4.98 Å². The molecule has 0 radical (unpaired) electrons. The third-order valence-electron chi connectivity index (χ3n) is 4.50. The van der Waals surface area contributed by atoms with Crippen LogP contribution in [0.4, 0.5) is 0 Å². The van der Waals surface area contributed by atoms with Crippen LogP contribution in [0.15, 0.2) is 73.1 Å². The van der Waals surface area contributed by atoms with E-state index in [2.05, 4.69) is 73.4 Å². The summed E-state index contributed by atoms with van der Waals surface area (Å²) in [5.41, 5.74) is 3.88. The number of benzene rings is 3. The zero-order valence-electron chi connectivity index (χ0n) is 13.5. The van der Waals surface area contributed by atoms with Gasteiger partial charge in [0.15, 0.2) is 0 Å². The Labute approximate surface area is 136 Å². The lowest BCUT2D eigenvalue weighted by Crippen LogP contribution is -1.87. The van der Waals surface area contributed by atoms with Gasteiger partial charge in [0, 0.05) is 17.8 Å². The first-order valence-corrected chi connectivity index (χ1v) is 8.08. The van der Waals surface area contributed by atoms with E-state index < -0.39 is 0 Å². The van der Waals surface area contributed by atoms with Gasteiger partial charge in [-0.25, -0.2) is 0 Å². The Morgan fingerprint density at radius 1 is 0.652 bits per heavy atom. The molecule has 0 aliphatic heterocycles. The Morgan fingerprint density at radius 2 is 1.30 bits per heavy atom. The first-order valence-electron chi connectivity index (χ1n) is 8.08. The molecule has 0 amide bonds. The van der Waals surface area contributed by atoms with Crippen LogP contribution in [0.3, 0.4) is 0 Å². The van der Waals surface area contributed by atoms with E-state index in [0.29, 0.717) is 5.92 Å². The van der Waals surface area contributed by atoms with Gasteiger partial charge in [-0.15, -0.1) is 0 Å². The van der Waals surface area contributed by atoms with Gasteiger partial charge in [-0.05, 0) is 57.0 Å². The Morgan fingerprint density at radius 3 is 2.09 bits per heavy atom. The van der Waals surface area contributed by atoms with Crippen LogP contribution in [0.5, 0.6) is 0 Å². The molecule has 0 fully saturated rings. The fourth-order valence-corrected chi connectivity index (χ4v) is 3.07. The summed E-state index contributed by atoms with van der Waals surface area (Å²) in [5, 5.41) is 5.01. The van der Waals surface area contributed by atoms with Gasteiger partial charge in [0.1, 0.15) is 0 Å². The molecule has 4 rings (SSSR count). The maximum absolute atomic E-state index is 4.22. The summed E-state index contributed by atoms with van der Waals surface area (Å²) in [6.45, 7) is 4.47. The minimum atomic E-state index is 0.562. The van der Waals surface area contributed by atoms with Crippen molar-refractivity contribution in [2.45, 2.75) is 19.8 Å². The summed E-state index contributed by atoms with van der Waals surface area (Å²) >= 11 is 0. The highest BCUT2D eigenvalue weighted by Crippen LogP contribution is 2.28. The largest absolute Gasteiger partial charge is 0.264 e. The van der Waals surface area contributed by atoms with Gasteiger partial charge < -0.3 is 0 Å². The van der Waals surface area contributed by atoms with Crippen LogP contribution >= 0.6 is 0 Å². The topological polar surface area (TPSA) is 12.9 Å². The number of aromatic nitrogens is 1. The van der Waals surface area contributed by atoms with E-state index in [1.54, 1.807) is 0 Å². The standard InChI is InChI=1S/C22H19N/c1-15(2)17-4-6-19-12-20(8-7-18(19)11-17)21-5-3-16-9-10-23-14-22(16)13-21/h3-15H,1-2H3. The van der Waals surface area contributed by atoms with Crippen molar-refractivity contribution in [3.8, 4) is 11.1 Å². The van der Waals surface area contributed by atoms with Crippen molar-refractivity contribution in [3.63, 3.8) is 0 Å². The average Bonchev–Trinajstić information content (AvgIpc) is 2.60. The number of rotatable bonds is 2.